The lowest BCUT2D eigenvalue weighted by atomic mass is 10.0. The monoisotopic (exact) mass is 512 g/mol. The average molecular weight is 513 g/mol. The highest BCUT2D eigenvalue weighted by Crippen LogP contribution is 2.17. The van der Waals surface area contributed by atoms with Crippen molar-refractivity contribution in [2.24, 2.45) is 5.92 Å². The highest BCUT2D eigenvalue weighted by molar-refractivity contribution is 5.72. The Hall–Kier alpha value is -4.09. The molecule has 0 radical (unpaired) electrons. The van der Waals surface area contributed by atoms with Crippen LogP contribution in [0.3, 0.4) is 0 Å². The van der Waals surface area contributed by atoms with E-state index >= 15 is 0 Å². The molecule has 0 heterocycles. The molecule has 0 spiro atoms. The summed E-state index contributed by atoms with van der Waals surface area (Å²) in [7, 11) is 0. The predicted octanol–water partition coefficient (Wildman–Crippen LogP) is 6.72. The third-order valence-electron chi connectivity index (χ3n) is 5.70. The minimum absolute atomic E-state index is 0.0916. The number of hydrogen-bond acceptors (Lipinski definition) is 4. The summed E-state index contributed by atoms with van der Waals surface area (Å²) < 4.78 is 11.4. The molecule has 5 nitrogen and oxygen atoms in total. The molecule has 38 heavy (non-hydrogen) atoms. The van der Waals surface area contributed by atoms with Crippen molar-refractivity contribution in [2.45, 2.75) is 46.0 Å². The molecule has 4 aromatic rings. The summed E-state index contributed by atoms with van der Waals surface area (Å²) in [6, 6.07) is 35.5. The minimum Gasteiger partial charge on any atom is -0.489 e. The number of aliphatic hydroxyl groups is 1. The summed E-state index contributed by atoms with van der Waals surface area (Å²) in [6.07, 6.45) is -0.154. The van der Waals surface area contributed by atoms with Crippen molar-refractivity contribution in [3.8, 4) is 11.5 Å². The van der Waals surface area contributed by atoms with Gasteiger partial charge in [0, 0.05) is 6.42 Å². The topological polar surface area (TPSA) is 76.0 Å². The number of rotatable bonds is 11. The second-order valence-electron chi connectivity index (χ2n) is 9.49. The normalized spacial score (nSPS) is 11.3. The van der Waals surface area contributed by atoms with E-state index in [1.165, 1.54) is 11.1 Å². The van der Waals surface area contributed by atoms with Crippen LogP contribution in [-0.4, -0.2) is 22.3 Å². The number of carbonyl (C=O) groups is 1. The molecule has 0 bridgehead atoms. The lowest BCUT2D eigenvalue weighted by molar-refractivity contribution is -0.146. The molecule has 4 aromatic carbocycles. The third-order valence-corrected chi connectivity index (χ3v) is 5.70. The molecule has 5 heteroatoms. The van der Waals surface area contributed by atoms with E-state index < -0.39 is 12.1 Å². The van der Waals surface area contributed by atoms with Crippen LogP contribution in [0.2, 0.25) is 0 Å². The Morgan fingerprint density at radius 3 is 1.37 bits per heavy atom. The molecule has 1 atom stereocenters. The molecular formula is C33H36O5. The fourth-order valence-electron chi connectivity index (χ4n) is 3.71. The van der Waals surface area contributed by atoms with Crippen LogP contribution in [0.5, 0.6) is 11.5 Å². The number of carboxylic acid groups (broad SMARTS) is 1. The molecule has 2 N–H and O–H groups in total. The van der Waals surface area contributed by atoms with Gasteiger partial charge in [0.1, 0.15) is 24.7 Å². The molecule has 0 saturated carbocycles. The van der Waals surface area contributed by atoms with Crippen LogP contribution >= 0.6 is 0 Å². The van der Waals surface area contributed by atoms with Crippen LogP contribution in [0.25, 0.3) is 0 Å². The fourth-order valence-corrected chi connectivity index (χ4v) is 3.71. The van der Waals surface area contributed by atoms with Gasteiger partial charge in [-0.15, -0.1) is 0 Å². The molecule has 0 amide bonds. The van der Waals surface area contributed by atoms with E-state index in [0.717, 1.165) is 23.3 Å². The van der Waals surface area contributed by atoms with E-state index in [1.807, 2.05) is 48.5 Å². The zero-order chi connectivity index (χ0) is 27.2. The van der Waals surface area contributed by atoms with Crippen LogP contribution in [0.1, 0.15) is 36.1 Å². The molecule has 0 unspecified atom stereocenters. The standard InChI is InChI=1S/C17H20O.C16H16O4/c1-14(2)12-15-8-10-17(11-9-15)18-13-16-6-4-3-5-7-16;17-15(16(18)19)10-12-6-8-14(9-7-12)20-11-13-4-2-1-3-5-13/h3-11,14H,12-13H2,1-2H3;1-9,15,17H,10-11H2,(H,18,19)/t;15-/m.0/s1. The number of benzene rings is 4. The van der Waals surface area contributed by atoms with Crippen LogP contribution < -0.4 is 9.47 Å². The molecule has 0 aromatic heterocycles. The Labute approximate surface area is 225 Å². The van der Waals surface area contributed by atoms with Crippen molar-refractivity contribution < 1.29 is 24.5 Å². The van der Waals surface area contributed by atoms with E-state index in [-0.39, 0.29) is 6.42 Å². The molecule has 0 aliphatic heterocycles. The van der Waals surface area contributed by atoms with Gasteiger partial charge in [-0.05, 0) is 58.9 Å². The quantitative estimate of drug-likeness (QED) is 0.233. The maximum Gasteiger partial charge on any atom is 0.332 e. The van der Waals surface area contributed by atoms with Crippen molar-refractivity contribution in [3.63, 3.8) is 0 Å². The fraction of sp³-hybridized carbons (Fsp3) is 0.242. The summed E-state index contributed by atoms with van der Waals surface area (Å²) in [5.41, 5.74) is 4.41. The SMILES string of the molecule is CC(C)Cc1ccc(OCc2ccccc2)cc1.O=C(O)[C@@H](O)Cc1ccc(OCc2ccccc2)cc1. The zero-order valence-electron chi connectivity index (χ0n) is 22.0. The van der Waals surface area contributed by atoms with Gasteiger partial charge in [-0.1, -0.05) is 98.8 Å². The summed E-state index contributed by atoms with van der Waals surface area (Å²) in [6.45, 7) is 5.59. The van der Waals surface area contributed by atoms with E-state index in [9.17, 15) is 9.90 Å². The van der Waals surface area contributed by atoms with E-state index in [1.54, 1.807) is 24.3 Å². The lowest BCUT2D eigenvalue weighted by Gasteiger charge is -2.08. The number of ether oxygens (including phenoxy) is 2. The number of carboxylic acids is 1. The largest absolute Gasteiger partial charge is 0.489 e. The van der Waals surface area contributed by atoms with E-state index in [2.05, 4.69) is 50.2 Å². The zero-order valence-corrected chi connectivity index (χ0v) is 22.0. The van der Waals surface area contributed by atoms with Crippen LogP contribution in [0, 0.1) is 5.92 Å². The highest BCUT2D eigenvalue weighted by Gasteiger charge is 2.13. The van der Waals surface area contributed by atoms with Crippen LogP contribution in [-0.2, 0) is 30.8 Å². The van der Waals surface area contributed by atoms with Crippen molar-refractivity contribution in [1.29, 1.82) is 0 Å². The maximum absolute atomic E-state index is 10.6. The first-order valence-corrected chi connectivity index (χ1v) is 12.8. The van der Waals surface area contributed by atoms with Crippen LogP contribution in [0.15, 0.2) is 109 Å². The van der Waals surface area contributed by atoms with Gasteiger partial charge in [0.2, 0.25) is 0 Å². The molecule has 4 rings (SSSR count). The Morgan fingerprint density at radius 2 is 1.00 bits per heavy atom. The summed E-state index contributed by atoms with van der Waals surface area (Å²) >= 11 is 0. The molecular weight excluding hydrogens is 476 g/mol. The molecule has 0 aliphatic rings. The van der Waals surface area contributed by atoms with Crippen molar-refractivity contribution >= 4 is 5.97 Å². The summed E-state index contributed by atoms with van der Waals surface area (Å²) in [4.78, 5) is 10.6. The lowest BCUT2D eigenvalue weighted by Crippen LogP contribution is -2.21. The van der Waals surface area contributed by atoms with Gasteiger partial charge in [0.05, 0.1) is 0 Å². The van der Waals surface area contributed by atoms with Crippen molar-refractivity contribution in [3.05, 3.63) is 131 Å². The smallest absolute Gasteiger partial charge is 0.332 e. The molecule has 0 aliphatic carbocycles. The van der Waals surface area contributed by atoms with Gasteiger partial charge in [-0.3, -0.25) is 0 Å². The van der Waals surface area contributed by atoms with Crippen LogP contribution in [0.4, 0.5) is 0 Å². The molecule has 0 saturated heterocycles. The van der Waals surface area contributed by atoms with Crippen molar-refractivity contribution in [2.75, 3.05) is 0 Å². The van der Waals surface area contributed by atoms with Gasteiger partial charge in [0.15, 0.2) is 6.10 Å². The second-order valence-corrected chi connectivity index (χ2v) is 9.49. The number of aliphatic hydroxyl groups excluding tert-OH is 1. The first-order chi connectivity index (χ1) is 18.4. The third kappa shape index (κ3) is 10.5. The Morgan fingerprint density at radius 1 is 0.605 bits per heavy atom. The first kappa shape index (κ1) is 28.5. The predicted molar refractivity (Wildman–Crippen MR) is 150 cm³/mol. The number of aliphatic carboxylic acids is 1. The minimum atomic E-state index is -1.37. The molecule has 0 fully saturated rings. The van der Waals surface area contributed by atoms with E-state index in [4.69, 9.17) is 14.6 Å². The van der Waals surface area contributed by atoms with Gasteiger partial charge in [-0.25, -0.2) is 4.79 Å². The summed E-state index contributed by atoms with van der Waals surface area (Å²) in [5.74, 6) is 1.13. The average Bonchev–Trinajstić information content (AvgIpc) is 2.93. The van der Waals surface area contributed by atoms with E-state index in [0.29, 0.717) is 24.9 Å². The first-order valence-electron chi connectivity index (χ1n) is 12.8. The second kappa shape index (κ2) is 15.2. The Bertz CT molecular complexity index is 1200. The molecule has 198 valence electrons. The Kier molecular flexibility index (Phi) is 11.4. The van der Waals surface area contributed by atoms with Gasteiger partial charge >= 0.3 is 5.97 Å². The number of hydrogen-bond donors (Lipinski definition) is 2. The highest BCUT2D eigenvalue weighted by atomic mass is 16.5. The summed E-state index contributed by atoms with van der Waals surface area (Å²) in [5, 5.41) is 17.9. The maximum atomic E-state index is 10.6. The van der Waals surface area contributed by atoms with Gasteiger partial charge in [-0.2, -0.15) is 0 Å². The van der Waals surface area contributed by atoms with Gasteiger partial charge in [0.25, 0.3) is 0 Å². The van der Waals surface area contributed by atoms with Gasteiger partial charge < -0.3 is 19.7 Å². The Balaban J connectivity index is 0.000000212. The van der Waals surface area contributed by atoms with Crippen molar-refractivity contribution in [1.82, 2.24) is 0 Å².